The van der Waals surface area contributed by atoms with E-state index >= 15 is 0 Å². The van der Waals surface area contributed by atoms with Crippen molar-refractivity contribution in [2.75, 3.05) is 6.54 Å². The van der Waals surface area contributed by atoms with Crippen LogP contribution in [0.15, 0.2) is 61.2 Å². The van der Waals surface area contributed by atoms with Gasteiger partial charge in [0, 0.05) is 25.3 Å². The van der Waals surface area contributed by atoms with Crippen molar-refractivity contribution in [3.8, 4) is 0 Å². The first-order valence-corrected chi connectivity index (χ1v) is 9.37. The van der Waals surface area contributed by atoms with E-state index in [2.05, 4.69) is 93.5 Å². The van der Waals surface area contributed by atoms with Crippen LogP contribution in [-0.2, 0) is 6.54 Å². The highest BCUT2D eigenvalue weighted by molar-refractivity contribution is 9.10. The number of benzene rings is 2. The maximum atomic E-state index is 3.57. The van der Waals surface area contributed by atoms with E-state index in [0.29, 0.717) is 5.92 Å². The molecule has 0 aromatic heterocycles. The van der Waals surface area contributed by atoms with Crippen molar-refractivity contribution in [3.05, 3.63) is 57.0 Å². The summed E-state index contributed by atoms with van der Waals surface area (Å²) in [5, 5.41) is 3.52. The summed E-state index contributed by atoms with van der Waals surface area (Å²) in [4.78, 5) is 2.53. The molecule has 2 rings (SSSR count). The van der Waals surface area contributed by atoms with E-state index in [-0.39, 0.29) is 0 Å². The van der Waals surface area contributed by atoms with E-state index in [1.165, 1.54) is 15.4 Å². The Morgan fingerprint density at radius 3 is 2.52 bits per heavy atom. The third-order valence-electron chi connectivity index (χ3n) is 2.92. The molecular formula is C17H19Br2NS. The van der Waals surface area contributed by atoms with Crippen molar-refractivity contribution >= 4 is 43.6 Å². The zero-order valence-corrected chi connectivity index (χ0v) is 16.2. The van der Waals surface area contributed by atoms with Crippen molar-refractivity contribution in [1.29, 1.82) is 0 Å². The van der Waals surface area contributed by atoms with Crippen LogP contribution in [0, 0.1) is 5.92 Å². The third kappa shape index (κ3) is 5.78. The Hall–Kier alpha value is -0.290. The average molecular weight is 429 g/mol. The maximum Gasteiger partial charge on any atom is 0.0216 e. The fourth-order valence-electron chi connectivity index (χ4n) is 1.92. The maximum absolute atomic E-state index is 3.57. The van der Waals surface area contributed by atoms with Gasteiger partial charge in [0.1, 0.15) is 0 Å². The number of hydrogen-bond donors (Lipinski definition) is 1. The molecule has 0 bridgehead atoms. The highest BCUT2D eigenvalue weighted by Crippen LogP contribution is 2.33. The van der Waals surface area contributed by atoms with Gasteiger partial charge in [-0.3, -0.25) is 0 Å². The van der Waals surface area contributed by atoms with Crippen LogP contribution in [0.5, 0.6) is 0 Å². The van der Waals surface area contributed by atoms with Gasteiger partial charge >= 0.3 is 0 Å². The summed E-state index contributed by atoms with van der Waals surface area (Å²) >= 11 is 8.91. The van der Waals surface area contributed by atoms with Crippen LogP contribution in [-0.4, -0.2) is 6.54 Å². The monoisotopic (exact) mass is 427 g/mol. The minimum atomic E-state index is 0.668. The van der Waals surface area contributed by atoms with Crippen LogP contribution in [0.4, 0.5) is 0 Å². The molecule has 112 valence electrons. The molecule has 0 spiro atoms. The highest BCUT2D eigenvalue weighted by atomic mass is 79.9. The summed E-state index contributed by atoms with van der Waals surface area (Å²) in [6, 6.07) is 14.9. The van der Waals surface area contributed by atoms with Gasteiger partial charge in [0.05, 0.1) is 0 Å². The number of halogens is 2. The van der Waals surface area contributed by atoms with Gasteiger partial charge in [0.15, 0.2) is 0 Å². The molecule has 0 aliphatic rings. The summed E-state index contributed by atoms with van der Waals surface area (Å²) in [6.45, 7) is 6.40. The fourth-order valence-corrected chi connectivity index (χ4v) is 4.03. The van der Waals surface area contributed by atoms with Crippen LogP contribution in [0.25, 0.3) is 0 Å². The molecule has 0 unspecified atom stereocenters. The molecule has 0 aliphatic carbocycles. The van der Waals surface area contributed by atoms with Crippen LogP contribution < -0.4 is 5.32 Å². The normalized spacial score (nSPS) is 11.1. The molecule has 1 N–H and O–H groups in total. The quantitative estimate of drug-likeness (QED) is 0.595. The minimum absolute atomic E-state index is 0.668. The van der Waals surface area contributed by atoms with Crippen molar-refractivity contribution in [1.82, 2.24) is 5.32 Å². The Morgan fingerprint density at radius 2 is 1.81 bits per heavy atom. The smallest absolute Gasteiger partial charge is 0.0216 e. The lowest BCUT2D eigenvalue weighted by Gasteiger charge is -2.12. The molecule has 0 atom stereocenters. The number of rotatable bonds is 6. The number of hydrogen-bond acceptors (Lipinski definition) is 2. The zero-order valence-electron chi connectivity index (χ0n) is 12.2. The van der Waals surface area contributed by atoms with Gasteiger partial charge in [0.25, 0.3) is 0 Å². The molecule has 2 aromatic carbocycles. The number of nitrogens with one attached hydrogen (secondary N) is 1. The van der Waals surface area contributed by atoms with Gasteiger partial charge in [0.2, 0.25) is 0 Å². The Bertz CT molecular complexity index is 599. The summed E-state index contributed by atoms with van der Waals surface area (Å²) in [7, 11) is 0. The van der Waals surface area contributed by atoms with Gasteiger partial charge < -0.3 is 5.32 Å². The summed E-state index contributed by atoms with van der Waals surface area (Å²) in [5.74, 6) is 0.668. The third-order valence-corrected chi connectivity index (χ3v) is 5.00. The minimum Gasteiger partial charge on any atom is -0.312 e. The predicted octanol–water partition coefficient (Wildman–Crippen LogP) is 6.11. The molecule has 0 saturated heterocycles. The topological polar surface area (TPSA) is 12.0 Å². The molecule has 1 nitrogen and oxygen atoms in total. The molecule has 0 aliphatic heterocycles. The predicted molar refractivity (Wildman–Crippen MR) is 99.0 cm³/mol. The molecule has 4 heteroatoms. The molecule has 2 aromatic rings. The van der Waals surface area contributed by atoms with Gasteiger partial charge in [-0.15, -0.1) is 0 Å². The molecule has 21 heavy (non-hydrogen) atoms. The second-order valence-electron chi connectivity index (χ2n) is 5.34. The summed E-state index contributed by atoms with van der Waals surface area (Å²) in [6.07, 6.45) is 0. The SMILES string of the molecule is CC(C)CNCc1ccc(Br)cc1Sc1cccc(Br)c1. The molecule has 0 fully saturated rings. The zero-order chi connectivity index (χ0) is 15.2. The average Bonchev–Trinajstić information content (AvgIpc) is 2.41. The van der Waals surface area contributed by atoms with E-state index in [4.69, 9.17) is 0 Å². The van der Waals surface area contributed by atoms with Crippen molar-refractivity contribution < 1.29 is 0 Å². The van der Waals surface area contributed by atoms with Gasteiger partial charge in [-0.2, -0.15) is 0 Å². The van der Waals surface area contributed by atoms with Crippen molar-refractivity contribution in [2.45, 2.75) is 30.2 Å². The Labute approximate surface area is 148 Å². The van der Waals surface area contributed by atoms with Crippen molar-refractivity contribution in [3.63, 3.8) is 0 Å². The standard InChI is InChI=1S/C17H19Br2NS/c1-12(2)10-20-11-13-6-7-15(19)9-17(13)21-16-5-3-4-14(18)8-16/h3-9,12,20H,10-11H2,1-2H3. The fraction of sp³-hybridized carbons (Fsp3) is 0.294. The van der Waals surface area contributed by atoms with E-state index in [9.17, 15) is 0 Å². The van der Waals surface area contributed by atoms with E-state index < -0.39 is 0 Å². The largest absolute Gasteiger partial charge is 0.312 e. The van der Waals surface area contributed by atoms with Gasteiger partial charge in [-0.05, 0) is 48.4 Å². The molecule has 0 heterocycles. The Kier molecular flexibility index (Phi) is 6.80. The Balaban J connectivity index is 2.15. The first kappa shape index (κ1) is 17.1. The lowest BCUT2D eigenvalue weighted by molar-refractivity contribution is 0.550. The van der Waals surface area contributed by atoms with Gasteiger partial charge in [-0.1, -0.05) is 69.6 Å². The van der Waals surface area contributed by atoms with Gasteiger partial charge in [-0.25, -0.2) is 0 Å². The lowest BCUT2D eigenvalue weighted by Crippen LogP contribution is -2.19. The molecule has 0 radical (unpaired) electrons. The summed E-state index contributed by atoms with van der Waals surface area (Å²) in [5.41, 5.74) is 1.34. The first-order chi connectivity index (χ1) is 10.0. The highest BCUT2D eigenvalue weighted by Gasteiger charge is 2.06. The summed E-state index contributed by atoms with van der Waals surface area (Å²) < 4.78 is 2.23. The van der Waals surface area contributed by atoms with Crippen LogP contribution in [0.2, 0.25) is 0 Å². The second-order valence-corrected chi connectivity index (χ2v) is 8.28. The van der Waals surface area contributed by atoms with E-state index in [1.807, 2.05) is 0 Å². The lowest BCUT2D eigenvalue weighted by atomic mass is 10.2. The van der Waals surface area contributed by atoms with E-state index in [1.54, 1.807) is 11.8 Å². The van der Waals surface area contributed by atoms with E-state index in [0.717, 1.165) is 22.0 Å². The van der Waals surface area contributed by atoms with Crippen LogP contribution >= 0.6 is 43.6 Å². The van der Waals surface area contributed by atoms with Crippen LogP contribution in [0.1, 0.15) is 19.4 Å². The molecule has 0 saturated carbocycles. The molecule has 0 amide bonds. The Morgan fingerprint density at radius 1 is 1.05 bits per heavy atom. The molecular weight excluding hydrogens is 410 g/mol. The first-order valence-electron chi connectivity index (χ1n) is 6.97. The van der Waals surface area contributed by atoms with Crippen molar-refractivity contribution in [2.24, 2.45) is 5.92 Å². The second kappa shape index (κ2) is 8.37. The van der Waals surface area contributed by atoms with Crippen LogP contribution in [0.3, 0.4) is 0 Å².